The van der Waals surface area contributed by atoms with Crippen LogP contribution in [0.15, 0.2) is 91.3 Å². The van der Waals surface area contributed by atoms with Gasteiger partial charge in [0.15, 0.2) is 12.4 Å². The quantitative estimate of drug-likeness (QED) is 0.428. The Labute approximate surface area is 186 Å². The molecule has 0 unspecified atom stereocenters. The second-order valence-corrected chi connectivity index (χ2v) is 7.38. The van der Waals surface area contributed by atoms with Gasteiger partial charge in [0, 0.05) is 37.1 Å². The van der Waals surface area contributed by atoms with Gasteiger partial charge in [-0.15, -0.1) is 0 Å². The van der Waals surface area contributed by atoms with E-state index in [2.05, 4.69) is 22.4 Å². The van der Waals surface area contributed by atoms with Crippen molar-refractivity contribution >= 4 is 17.4 Å². The van der Waals surface area contributed by atoms with Crippen molar-refractivity contribution in [1.82, 2.24) is 9.55 Å². The third-order valence-corrected chi connectivity index (χ3v) is 5.02. The smallest absolute Gasteiger partial charge is 0.262 e. The van der Waals surface area contributed by atoms with Crippen LogP contribution in [-0.4, -0.2) is 27.8 Å². The van der Waals surface area contributed by atoms with Gasteiger partial charge in [0.25, 0.3) is 5.91 Å². The van der Waals surface area contributed by atoms with Crippen molar-refractivity contribution < 1.29 is 14.3 Å². The highest BCUT2D eigenvalue weighted by Crippen LogP contribution is 2.21. The van der Waals surface area contributed by atoms with Gasteiger partial charge in [-0.2, -0.15) is 0 Å². The van der Waals surface area contributed by atoms with Crippen LogP contribution in [0.2, 0.25) is 0 Å². The van der Waals surface area contributed by atoms with Crippen molar-refractivity contribution in [1.29, 1.82) is 0 Å². The van der Waals surface area contributed by atoms with E-state index in [0.717, 1.165) is 12.0 Å². The molecule has 6 heteroatoms. The largest absolute Gasteiger partial charge is 0.483 e. The molecule has 0 spiro atoms. The van der Waals surface area contributed by atoms with Crippen LogP contribution in [0.3, 0.4) is 0 Å². The molecule has 1 N–H and O–H groups in total. The van der Waals surface area contributed by atoms with Gasteiger partial charge < -0.3 is 14.6 Å². The van der Waals surface area contributed by atoms with Crippen LogP contribution in [0.25, 0.3) is 0 Å². The summed E-state index contributed by atoms with van der Waals surface area (Å²) in [6.45, 7) is -0.111. The van der Waals surface area contributed by atoms with Crippen LogP contribution in [0, 0.1) is 0 Å². The topological polar surface area (TPSA) is 73.2 Å². The molecule has 6 nitrogen and oxygen atoms in total. The first kappa shape index (κ1) is 21.1. The van der Waals surface area contributed by atoms with E-state index in [-0.39, 0.29) is 18.3 Å². The highest BCUT2D eigenvalue weighted by molar-refractivity contribution is 6.07. The first-order chi connectivity index (χ1) is 15.6. The molecule has 0 aliphatic heterocycles. The van der Waals surface area contributed by atoms with Gasteiger partial charge in [-0.3, -0.25) is 9.59 Å². The molecule has 4 aromatic rings. The van der Waals surface area contributed by atoms with Crippen molar-refractivity contribution in [3.8, 4) is 5.75 Å². The molecule has 0 bridgehead atoms. The van der Waals surface area contributed by atoms with Crippen molar-refractivity contribution in [3.05, 3.63) is 114 Å². The predicted octanol–water partition coefficient (Wildman–Crippen LogP) is 4.26. The van der Waals surface area contributed by atoms with E-state index in [9.17, 15) is 9.59 Å². The molecule has 1 heterocycles. The lowest BCUT2D eigenvalue weighted by Gasteiger charge is -2.12. The Bertz CT molecular complexity index is 1210. The van der Waals surface area contributed by atoms with Gasteiger partial charge in [-0.1, -0.05) is 48.5 Å². The van der Waals surface area contributed by atoms with Gasteiger partial charge in [0.1, 0.15) is 5.75 Å². The number of hydrogen-bond donors (Lipinski definition) is 1. The standard InChI is InChI=1S/C26H23N3O3/c1-29-16-15-27-26(29)25(31)20-11-13-22(14-12-20)28-24(30)18-32-23-10-6-5-9-21(23)17-19-7-3-2-4-8-19/h2-16H,17-18H2,1H3,(H,28,30). The van der Waals surface area contributed by atoms with Gasteiger partial charge in [0.05, 0.1) is 0 Å². The number of ketones is 1. The minimum atomic E-state index is -0.275. The van der Waals surface area contributed by atoms with E-state index in [1.54, 1.807) is 48.3 Å². The van der Waals surface area contributed by atoms with E-state index in [0.29, 0.717) is 22.8 Å². The number of ether oxygens (including phenoxy) is 1. The summed E-state index contributed by atoms with van der Waals surface area (Å²) in [4.78, 5) is 29.0. The second-order valence-electron chi connectivity index (χ2n) is 7.38. The fourth-order valence-electron chi connectivity index (χ4n) is 3.37. The fraction of sp³-hybridized carbons (Fsp3) is 0.115. The zero-order valence-electron chi connectivity index (χ0n) is 17.7. The molecule has 0 fully saturated rings. The highest BCUT2D eigenvalue weighted by Gasteiger charge is 2.14. The number of imidazole rings is 1. The minimum absolute atomic E-state index is 0.111. The summed E-state index contributed by atoms with van der Waals surface area (Å²) in [5.41, 5.74) is 3.28. The maximum Gasteiger partial charge on any atom is 0.262 e. The molecule has 1 aromatic heterocycles. The highest BCUT2D eigenvalue weighted by atomic mass is 16.5. The minimum Gasteiger partial charge on any atom is -0.483 e. The summed E-state index contributed by atoms with van der Waals surface area (Å²) < 4.78 is 7.46. The number of amides is 1. The zero-order chi connectivity index (χ0) is 22.3. The Morgan fingerprint density at radius 2 is 1.66 bits per heavy atom. The number of nitrogens with zero attached hydrogens (tertiary/aromatic N) is 2. The number of aromatic nitrogens is 2. The summed E-state index contributed by atoms with van der Waals surface area (Å²) in [5.74, 6) is 0.600. The van der Waals surface area contributed by atoms with Crippen LogP contribution >= 0.6 is 0 Å². The average molecular weight is 425 g/mol. The average Bonchev–Trinajstić information content (AvgIpc) is 3.25. The number of aryl methyl sites for hydroxylation is 1. The fourth-order valence-corrected chi connectivity index (χ4v) is 3.37. The van der Waals surface area contributed by atoms with Gasteiger partial charge in [0.2, 0.25) is 5.78 Å². The lowest BCUT2D eigenvalue weighted by Crippen LogP contribution is -2.20. The summed E-state index contributed by atoms with van der Waals surface area (Å²) in [5, 5.41) is 2.80. The third kappa shape index (κ3) is 5.10. The molecule has 0 radical (unpaired) electrons. The summed E-state index contributed by atoms with van der Waals surface area (Å²) in [7, 11) is 1.77. The normalized spacial score (nSPS) is 10.5. The van der Waals surface area contributed by atoms with Crippen LogP contribution in [0.1, 0.15) is 27.3 Å². The number of carbonyl (C=O) groups excluding carboxylic acids is 2. The van der Waals surface area contributed by atoms with Gasteiger partial charge >= 0.3 is 0 Å². The van der Waals surface area contributed by atoms with E-state index in [1.165, 1.54) is 5.56 Å². The lowest BCUT2D eigenvalue weighted by molar-refractivity contribution is -0.118. The van der Waals surface area contributed by atoms with Gasteiger partial charge in [-0.25, -0.2) is 4.98 Å². The Morgan fingerprint density at radius 1 is 0.938 bits per heavy atom. The van der Waals surface area contributed by atoms with E-state index in [1.807, 2.05) is 42.5 Å². The van der Waals surface area contributed by atoms with E-state index in [4.69, 9.17) is 4.74 Å². The van der Waals surface area contributed by atoms with Crippen molar-refractivity contribution in [2.24, 2.45) is 7.05 Å². The Hall–Kier alpha value is -4.19. The van der Waals surface area contributed by atoms with Crippen LogP contribution in [0.4, 0.5) is 5.69 Å². The molecule has 160 valence electrons. The van der Waals surface area contributed by atoms with Crippen LogP contribution in [-0.2, 0) is 18.3 Å². The summed E-state index contributed by atoms with van der Waals surface area (Å²) in [6.07, 6.45) is 4.03. The van der Waals surface area contributed by atoms with Crippen LogP contribution in [0.5, 0.6) is 5.75 Å². The molecule has 3 aromatic carbocycles. The predicted molar refractivity (Wildman–Crippen MR) is 123 cm³/mol. The molecular formula is C26H23N3O3. The van der Waals surface area contributed by atoms with E-state index < -0.39 is 0 Å². The molecule has 0 aliphatic rings. The van der Waals surface area contributed by atoms with E-state index >= 15 is 0 Å². The molecule has 32 heavy (non-hydrogen) atoms. The second kappa shape index (κ2) is 9.75. The third-order valence-electron chi connectivity index (χ3n) is 5.02. The monoisotopic (exact) mass is 425 g/mol. The number of nitrogens with one attached hydrogen (secondary N) is 1. The summed E-state index contributed by atoms with van der Waals surface area (Å²) in [6, 6.07) is 24.5. The molecule has 1 amide bonds. The maximum absolute atomic E-state index is 12.5. The first-order valence-electron chi connectivity index (χ1n) is 10.3. The zero-order valence-corrected chi connectivity index (χ0v) is 17.7. The SMILES string of the molecule is Cn1ccnc1C(=O)c1ccc(NC(=O)COc2ccccc2Cc2ccccc2)cc1. The molecule has 0 atom stereocenters. The number of carbonyl (C=O) groups is 2. The Kier molecular flexibility index (Phi) is 6.41. The number of anilines is 1. The van der Waals surface area contributed by atoms with Gasteiger partial charge in [-0.05, 0) is 41.5 Å². The van der Waals surface area contributed by atoms with Crippen molar-refractivity contribution in [2.75, 3.05) is 11.9 Å². The maximum atomic E-state index is 12.5. The van der Waals surface area contributed by atoms with Crippen molar-refractivity contribution in [2.45, 2.75) is 6.42 Å². The summed E-state index contributed by atoms with van der Waals surface area (Å²) >= 11 is 0. The number of para-hydroxylation sites is 1. The van der Waals surface area contributed by atoms with Crippen molar-refractivity contribution in [3.63, 3.8) is 0 Å². The van der Waals surface area contributed by atoms with Crippen LogP contribution < -0.4 is 10.1 Å². The number of rotatable bonds is 8. The Morgan fingerprint density at radius 3 is 2.38 bits per heavy atom. The molecule has 4 rings (SSSR count). The molecular weight excluding hydrogens is 402 g/mol. The molecule has 0 saturated heterocycles. The number of benzene rings is 3. The number of hydrogen-bond acceptors (Lipinski definition) is 4. The first-order valence-corrected chi connectivity index (χ1v) is 10.3. The lowest BCUT2D eigenvalue weighted by atomic mass is 10.0. The molecule has 0 aliphatic carbocycles. The molecule has 0 saturated carbocycles. The Balaban J connectivity index is 1.35.